The van der Waals surface area contributed by atoms with Crippen LogP contribution in [0.4, 0.5) is 13.2 Å². The number of benzene rings is 1. The maximum atomic E-state index is 11.9. The molecule has 0 saturated carbocycles. The molecule has 0 saturated heterocycles. The van der Waals surface area contributed by atoms with Gasteiger partial charge in [-0.1, -0.05) is 11.6 Å². The summed E-state index contributed by atoms with van der Waals surface area (Å²) in [5.41, 5.74) is 0.611. The zero-order valence-corrected chi connectivity index (χ0v) is 13.4. The Hall–Kier alpha value is -1.67. The first kappa shape index (κ1) is 19.4. The molecule has 0 spiro atoms. The molecule has 1 aromatic carbocycles. The first-order chi connectivity index (χ1) is 10.8. The highest BCUT2D eigenvalue weighted by Crippen LogP contribution is 2.36. The molecular formula is C14H17ClF3NO4. The summed E-state index contributed by atoms with van der Waals surface area (Å²) in [5, 5.41) is 2.74. The molecule has 5 nitrogen and oxygen atoms in total. The number of methoxy groups -OCH3 is 1. The van der Waals surface area contributed by atoms with Gasteiger partial charge in [0.15, 0.2) is 11.5 Å². The Labute approximate surface area is 136 Å². The summed E-state index contributed by atoms with van der Waals surface area (Å²) < 4.78 is 50.4. The molecule has 0 aliphatic carbocycles. The van der Waals surface area contributed by atoms with Crippen LogP contribution in [0.15, 0.2) is 12.1 Å². The van der Waals surface area contributed by atoms with Crippen molar-refractivity contribution in [3.05, 3.63) is 22.7 Å². The van der Waals surface area contributed by atoms with E-state index in [1.54, 1.807) is 19.1 Å². The van der Waals surface area contributed by atoms with Crippen LogP contribution in [0, 0.1) is 0 Å². The summed E-state index contributed by atoms with van der Waals surface area (Å²) in [6.07, 6.45) is -4.46. The SMILES string of the molecule is CCOc1c(Cl)cc(CNC(=O)COCC(F)(F)F)cc1OC. The third-order valence-corrected chi connectivity index (χ3v) is 2.85. The van der Waals surface area contributed by atoms with E-state index >= 15 is 0 Å². The number of amides is 1. The minimum absolute atomic E-state index is 0.0662. The Morgan fingerprint density at radius 1 is 1.35 bits per heavy atom. The average Bonchev–Trinajstić information content (AvgIpc) is 2.46. The first-order valence-corrected chi connectivity index (χ1v) is 7.05. The second kappa shape index (κ2) is 8.83. The number of rotatable bonds is 8. The van der Waals surface area contributed by atoms with Crippen molar-refractivity contribution in [2.75, 3.05) is 26.9 Å². The monoisotopic (exact) mass is 355 g/mol. The molecule has 1 N–H and O–H groups in total. The fraction of sp³-hybridized carbons (Fsp3) is 0.500. The van der Waals surface area contributed by atoms with E-state index in [9.17, 15) is 18.0 Å². The van der Waals surface area contributed by atoms with Crippen LogP contribution < -0.4 is 14.8 Å². The summed E-state index contributed by atoms with van der Waals surface area (Å²) in [5.74, 6) is 0.121. The van der Waals surface area contributed by atoms with Gasteiger partial charge in [0.2, 0.25) is 5.91 Å². The Morgan fingerprint density at radius 3 is 2.61 bits per heavy atom. The number of hydrogen-bond acceptors (Lipinski definition) is 4. The first-order valence-electron chi connectivity index (χ1n) is 6.67. The van der Waals surface area contributed by atoms with E-state index < -0.39 is 25.3 Å². The van der Waals surface area contributed by atoms with E-state index in [0.717, 1.165) is 0 Å². The molecule has 23 heavy (non-hydrogen) atoms. The van der Waals surface area contributed by atoms with Gasteiger partial charge in [-0.05, 0) is 24.6 Å². The summed E-state index contributed by atoms with van der Waals surface area (Å²) in [7, 11) is 1.45. The fourth-order valence-corrected chi connectivity index (χ4v) is 1.96. The van der Waals surface area contributed by atoms with Gasteiger partial charge in [-0.3, -0.25) is 4.79 Å². The van der Waals surface area contributed by atoms with Gasteiger partial charge < -0.3 is 19.5 Å². The molecule has 130 valence electrons. The number of hydrogen-bond donors (Lipinski definition) is 1. The lowest BCUT2D eigenvalue weighted by Gasteiger charge is -2.13. The molecule has 0 unspecified atom stereocenters. The van der Waals surface area contributed by atoms with Crippen molar-refractivity contribution in [3.63, 3.8) is 0 Å². The Balaban J connectivity index is 2.57. The molecule has 0 fully saturated rings. The topological polar surface area (TPSA) is 56.8 Å². The van der Waals surface area contributed by atoms with Gasteiger partial charge in [-0.15, -0.1) is 0 Å². The zero-order valence-electron chi connectivity index (χ0n) is 12.6. The standard InChI is InChI=1S/C14H17ClF3NO4/c1-3-23-13-10(15)4-9(5-11(13)21-2)6-19-12(20)7-22-8-14(16,17)18/h4-5H,3,6-8H2,1-2H3,(H,19,20). The average molecular weight is 356 g/mol. The van der Waals surface area contributed by atoms with Crippen molar-refractivity contribution in [2.24, 2.45) is 0 Å². The van der Waals surface area contributed by atoms with Gasteiger partial charge in [0.25, 0.3) is 0 Å². The van der Waals surface area contributed by atoms with E-state index in [1.807, 2.05) is 0 Å². The van der Waals surface area contributed by atoms with Gasteiger partial charge in [0, 0.05) is 6.54 Å². The van der Waals surface area contributed by atoms with Crippen LogP contribution in [0.25, 0.3) is 0 Å². The molecule has 1 amide bonds. The van der Waals surface area contributed by atoms with Crippen LogP contribution in [0.5, 0.6) is 11.5 Å². The number of alkyl halides is 3. The van der Waals surface area contributed by atoms with Gasteiger partial charge in [-0.25, -0.2) is 0 Å². The Morgan fingerprint density at radius 2 is 2.04 bits per heavy atom. The van der Waals surface area contributed by atoms with E-state index in [4.69, 9.17) is 21.1 Å². The molecule has 1 aromatic rings. The summed E-state index contributed by atoms with van der Waals surface area (Å²) >= 11 is 6.07. The summed E-state index contributed by atoms with van der Waals surface area (Å²) in [4.78, 5) is 11.4. The summed E-state index contributed by atoms with van der Waals surface area (Å²) in [6.45, 7) is 0.120. The quantitative estimate of drug-likeness (QED) is 0.779. The van der Waals surface area contributed by atoms with Gasteiger partial charge in [0.05, 0.1) is 18.7 Å². The van der Waals surface area contributed by atoms with Crippen LogP contribution in [0.3, 0.4) is 0 Å². The molecule has 0 heterocycles. The van der Waals surface area contributed by atoms with Gasteiger partial charge in [-0.2, -0.15) is 13.2 Å². The van der Waals surface area contributed by atoms with Crippen LogP contribution in [0.1, 0.15) is 12.5 Å². The molecule has 0 aliphatic rings. The van der Waals surface area contributed by atoms with Crippen molar-refractivity contribution >= 4 is 17.5 Å². The fourth-order valence-electron chi connectivity index (χ4n) is 1.67. The lowest BCUT2D eigenvalue weighted by Crippen LogP contribution is -2.29. The van der Waals surface area contributed by atoms with Crippen molar-refractivity contribution in [1.29, 1.82) is 0 Å². The third-order valence-electron chi connectivity index (χ3n) is 2.57. The predicted octanol–water partition coefficient (Wildman–Crippen LogP) is 2.94. The van der Waals surface area contributed by atoms with Crippen molar-refractivity contribution < 1.29 is 32.2 Å². The third kappa shape index (κ3) is 6.96. The largest absolute Gasteiger partial charge is 0.493 e. The molecular weight excluding hydrogens is 339 g/mol. The Kier molecular flexibility index (Phi) is 7.44. The molecule has 9 heteroatoms. The number of halogens is 4. The second-order valence-corrected chi connectivity index (χ2v) is 4.83. The predicted molar refractivity (Wildman–Crippen MR) is 77.9 cm³/mol. The molecule has 0 bridgehead atoms. The maximum absolute atomic E-state index is 11.9. The molecule has 0 aliphatic heterocycles. The van der Waals surface area contributed by atoms with Crippen LogP contribution in [-0.2, 0) is 16.1 Å². The minimum atomic E-state index is -4.46. The number of nitrogens with one attached hydrogen (secondary N) is 1. The number of carbonyl (C=O) groups excluding carboxylic acids is 1. The molecule has 0 aromatic heterocycles. The smallest absolute Gasteiger partial charge is 0.411 e. The highest BCUT2D eigenvalue weighted by atomic mass is 35.5. The lowest BCUT2D eigenvalue weighted by molar-refractivity contribution is -0.175. The van der Waals surface area contributed by atoms with Gasteiger partial charge in [0.1, 0.15) is 13.2 Å². The van der Waals surface area contributed by atoms with Crippen LogP contribution in [-0.4, -0.2) is 39.0 Å². The van der Waals surface area contributed by atoms with Crippen LogP contribution >= 0.6 is 11.6 Å². The highest BCUT2D eigenvalue weighted by molar-refractivity contribution is 6.32. The molecule has 0 radical (unpaired) electrons. The number of ether oxygens (including phenoxy) is 3. The second-order valence-electron chi connectivity index (χ2n) is 4.43. The zero-order chi connectivity index (χ0) is 17.5. The van der Waals surface area contributed by atoms with Crippen LogP contribution in [0.2, 0.25) is 5.02 Å². The van der Waals surface area contributed by atoms with E-state index in [1.165, 1.54) is 7.11 Å². The van der Waals surface area contributed by atoms with Crippen molar-refractivity contribution in [2.45, 2.75) is 19.6 Å². The van der Waals surface area contributed by atoms with Gasteiger partial charge >= 0.3 is 6.18 Å². The maximum Gasteiger partial charge on any atom is 0.411 e. The number of carbonyl (C=O) groups is 1. The normalized spacial score (nSPS) is 11.2. The molecule has 1 rings (SSSR count). The van der Waals surface area contributed by atoms with Crippen molar-refractivity contribution in [3.8, 4) is 11.5 Å². The summed E-state index contributed by atoms with van der Waals surface area (Å²) in [6, 6.07) is 3.19. The minimum Gasteiger partial charge on any atom is -0.493 e. The molecule has 0 atom stereocenters. The lowest BCUT2D eigenvalue weighted by atomic mass is 10.2. The van der Waals surface area contributed by atoms with Crippen molar-refractivity contribution in [1.82, 2.24) is 5.32 Å². The van der Waals surface area contributed by atoms with E-state index in [0.29, 0.717) is 28.7 Å². The Bertz CT molecular complexity index is 537. The van der Waals surface area contributed by atoms with E-state index in [-0.39, 0.29) is 6.54 Å². The highest BCUT2D eigenvalue weighted by Gasteiger charge is 2.27. The van der Waals surface area contributed by atoms with E-state index in [2.05, 4.69) is 10.1 Å².